The van der Waals surface area contributed by atoms with Gasteiger partial charge < -0.3 is 19.3 Å². The van der Waals surface area contributed by atoms with Crippen LogP contribution in [0.2, 0.25) is 0 Å². The van der Waals surface area contributed by atoms with E-state index in [-0.39, 0.29) is 0 Å². The van der Waals surface area contributed by atoms with Crippen LogP contribution in [0.1, 0.15) is 12.8 Å². The van der Waals surface area contributed by atoms with Crippen LogP contribution in [0, 0.1) is 5.92 Å². The lowest BCUT2D eigenvalue weighted by molar-refractivity contribution is 0.0517. The lowest BCUT2D eigenvalue weighted by Gasteiger charge is -2.37. The van der Waals surface area contributed by atoms with Gasteiger partial charge in [0.1, 0.15) is 0 Å². The van der Waals surface area contributed by atoms with Gasteiger partial charge in [0, 0.05) is 59.0 Å². The molecule has 25 heavy (non-hydrogen) atoms. The van der Waals surface area contributed by atoms with Crippen molar-refractivity contribution in [3.05, 3.63) is 12.1 Å². The summed E-state index contributed by atoms with van der Waals surface area (Å²) in [5, 5.41) is 8.92. The molecular formula is C18H29N5O2. The zero-order chi connectivity index (χ0) is 16.9. The highest BCUT2D eigenvalue weighted by atomic mass is 16.5. The summed E-state index contributed by atoms with van der Waals surface area (Å²) >= 11 is 0. The molecule has 0 aliphatic carbocycles. The second-order valence-electron chi connectivity index (χ2n) is 7.19. The highest BCUT2D eigenvalue weighted by molar-refractivity contribution is 5.45. The van der Waals surface area contributed by atoms with Crippen molar-refractivity contribution in [2.24, 2.45) is 5.92 Å². The van der Waals surface area contributed by atoms with Gasteiger partial charge in [0.25, 0.3) is 0 Å². The summed E-state index contributed by atoms with van der Waals surface area (Å²) in [5.74, 6) is 2.78. The first kappa shape index (κ1) is 17.0. The van der Waals surface area contributed by atoms with Crippen LogP contribution in [0.5, 0.6) is 0 Å². The molecule has 0 aromatic carbocycles. The van der Waals surface area contributed by atoms with Crippen molar-refractivity contribution in [3.8, 4) is 0 Å². The fraction of sp³-hybridized carbons (Fsp3) is 0.778. The molecule has 0 amide bonds. The third kappa shape index (κ3) is 4.40. The number of rotatable bonds is 4. The Labute approximate surface area is 149 Å². The molecule has 3 aliphatic heterocycles. The average Bonchev–Trinajstić information content (AvgIpc) is 2.70. The molecule has 0 unspecified atom stereocenters. The van der Waals surface area contributed by atoms with Crippen LogP contribution in [0.25, 0.3) is 0 Å². The Morgan fingerprint density at radius 1 is 0.760 bits per heavy atom. The second-order valence-corrected chi connectivity index (χ2v) is 7.19. The Balaban J connectivity index is 1.27. The highest BCUT2D eigenvalue weighted by Crippen LogP contribution is 2.20. The van der Waals surface area contributed by atoms with E-state index in [1.807, 2.05) is 0 Å². The maximum atomic E-state index is 5.46. The van der Waals surface area contributed by atoms with Gasteiger partial charge in [0.05, 0.1) is 13.2 Å². The van der Waals surface area contributed by atoms with Crippen LogP contribution in [-0.4, -0.2) is 87.3 Å². The lowest BCUT2D eigenvalue weighted by Crippen LogP contribution is -2.48. The number of piperazine rings is 1. The van der Waals surface area contributed by atoms with E-state index in [0.29, 0.717) is 0 Å². The SMILES string of the molecule is c1cc(N2CCN(CC3CCOCC3)CC2)nnc1N1CCOCC1. The summed E-state index contributed by atoms with van der Waals surface area (Å²) in [5.41, 5.74) is 0. The van der Waals surface area contributed by atoms with Crippen LogP contribution in [0.3, 0.4) is 0 Å². The van der Waals surface area contributed by atoms with E-state index in [4.69, 9.17) is 9.47 Å². The molecule has 7 nitrogen and oxygen atoms in total. The van der Waals surface area contributed by atoms with Crippen molar-refractivity contribution in [1.82, 2.24) is 15.1 Å². The Morgan fingerprint density at radius 2 is 1.32 bits per heavy atom. The number of aromatic nitrogens is 2. The monoisotopic (exact) mass is 347 g/mol. The van der Waals surface area contributed by atoms with Crippen LogP contribution in [0.4, 0.5) is 11.6 Å². The van der Waals surface area contributed by atoms with E-state index in [9.17, 15) is 0 Å². The predicted molar refractivity (Wildman–Crippen MR) is 97.3 cm³/mol. The minimum Gasteiger partial charge on any atom is -0.381 e. The third-order valence-electron chi connectivity index (χ3n) is 5.53. The number of morpholine rings is 1. The van der Waals surface area contributed by atoms with Crippen LogP contribution < -0.4 is 9.80 Å². The van der Waals surface area contributed by atoms with Gasteiger partial charge >= 0.3 is 0 Å². The summed E-state index contributed by atoms with van der Waals surface area (Å²) in [7, 11) is 0. The number of ether oxygens (including phenoxy) is 2. The molecule has 0 atom stereocenters. The molecule has 1 aromatic rings. The van der Waals surface area contributed by atoms with E-state index < -0.39 is 0 Å². The Morgan fingerprint density at radius 3 is 1.92 bits per heavy atom. The van der Waals surface area contributed by atoms with Gasteiger partial charge in [-0.05, 0) is 30.9 Å². The van der Waals surface area contributed by atoms with Gasteiger partial charge in [-0.25, -0.2) is 0 Å². The molecular weight excluding hydrogens is 318 g/mol. The predicted octanol–water partition coefficient (Wildman–Crippen LogP) is 0.862. The Kier molecular flexibility index (Phi) is 5.64. The lowest BCUT2D eigenvalue weighted by atomic mass is 9.99. The molecule has 3 fully saturated rings. The maximum absolute atomic E-state index is 5.46. The largest absolute Gasteiger partial charge is 0.381 e. The molecule has 0 N–H and O–H groups in total. The molecule has 3 saturated heterocycles. The number of anilines is 2. The third-order valence-corrected chi connectivity index (χ3v) is 5.53. The van der Waals surface area contributed by atoms with E-state index in [2.05, 4.69) is 37.0 Å². The van der Waals surface area contributed by atoms with Gasteiger partial charge in [-0.2, -0.15) is 0 Å². The van der Waals surface area contributed by atoms with Crippen molar-refractivity contribution in [3.63, 3.8) is 0 Å². The minimum atomic E-state index is 0.776. The van der Waals surface area contributed by atoms with Crippen molar-refractivity contribution < 1.29 is 9.47 Å². The second kappa shape index (κ2) is 8.29. The number of nitrogens with zero attached hydrogens (tertiary/aromatic N) is 5. The van der Waals surface area contributed by atoms with Crippen molar-refractivity contribution in [2.45, 2.75) is 12.8 Å². The normalized spacial score (nSPS) is 23.8. The molecule has 7 heteroatoms. The zero-order valence-electron chi connectivity index (χ0n) is 15.0. The molecule has 4 heterocycles. The fourth-order valence-electron chi connectivity index (χ4n) is 3.90. The molecule has 3 aliphatic rings. The summed E-state index contributed by atoms with van der Waals surface area (Å²) in [6, 6.07) is 4.22. The quantitative estimate of drug-likeness (QED) is 0.801. The standard InChI is InChI=1S/C18H29N5O2/c1-2-18(23-9-13-25-14-10-23)20-19-17(1)22-7-5-21(6-8-22)15-16-3-11-24-12-4-16/h1-2,16H,3-15H2. The van der Waals surface area contributed by atoms with Gasteiger partial charge in [-0.3, -0.25) is 4.90 Å². The first-order valence-electron chi connectivity index (χ1n) is 9.60. The molecule has 1 aromatic heterocycles. The van der Waals surface area contributed by atoms with Crippen LogP contribution in [0.15, 0.2) is 12.1 Å². The van der Waals surface area contributed by atoms with E-state index in [0.717, 1.165) is 83.2 Å². The first-order valence-corrected chi connectivity index (χ1v) is 9.60. The molecule has 138 valence electrons. The smallest absolute Gasteiger partial charge is 0.151 e. The summed E-state index contributed by atoms with van der Waals surface area (Å²) < 4.78 is 10.9. The van der Waals surface area contributed by atoms with E-state index >= 15 is 0 Å². The number of hydrogen-bond acceptors (Lipinski definition) is 7. The van der Waals surface area contributed by atoms with Gasteiger partial charge in [0.2, 0.25) is 0 Å². The zero-order valence-corrected chi connectivity index (χ0v) is 15.0. The highest BCUT2D eigenvalue weighted by Gasteiger charge is 2.22. The van der Waals surface area contributed by atoms with Crippen molar-refractivity contribution in [2.75, 3.05) is 82.0 Å². The van der Waals surface area contributed by atoms with Gasteiger partial charge in [-0.1, -0.05) is 0 Å². The minimum absolute atomic E-state index is 0.776. The van der Waals surface area contributed by atoms with Crippen molar-refractivity contribution in [1.29, 1.82) is 0 Å². The van der Waals surface area contributed by atoms with E-state index in [1.165, 1.54) is 19.4 Å². The Bertz CT molecular complexity index is 521. The topological polar surface area (TPSA) is 54.0 Å². The average molecular weight is 347 g/mol. The number of hydrogen-bond donors (Lipinski definition) is 0. The molecule has 0 bridgehead atoms. The Hall–Kier alpha value is -1.44. The molecule has 4 rings (SSSR count). The fourth-order valence-corrected chi connectivity index (χ4v) is 3.90. The first-order chi connectivity index (χ1) is 12.4. The van der Waals surface area contributed by atoms with E-state index in [1.54, 1.807) is 0 Å². The van der Waals surface area contributed by atoms with Gasteiger partial charge in [0.15, 0.2) is 11.6 Å². The molecule has 0 radical (unpaired) electrons. The van der Waals surface area contributed by atoms with Gasteiger partial charge in [-0.15, -0.1) is 10.2 Å². The summed E-state index contributed by atoms with van der Waals surface area (Å²) in [6.45, 7) is 10.8. The molecule has 0 spiro atoms. The summed E-state index contributed by atoms with van der Waals surface area (Å²) in [4.78, 5) is 7.20. The van der Waals surface area contributed by atoms with Crippen LogP contribution in [-0.2, 0) is 9.47 Å². The van der Waals surface area contributed by atoms with Crippen molar-refractivity contribution >= 4 is 11.6 Å². The maximum Gasteiger partial charge on any atom is 0.151 e. The molecule has 0 saturated carbocycles. The van der Waals surface area contributed by atoms with Crippen LogP contribution >= 0.6 is 0 Å². The summed E-state index contributed by atoms with van der Waals surface area (Å²) in [6.07, 6.45) is 2.43.